The van der Waals surface area contributed by atoms with Crippen molar-refractivity contribution in [2.24, 2.45) is 11.8 Å². The summed E-state index contributed by atoms with van der Waals surface area (Å²) in [6.45, 7) is 6.07. The first-order valence-corrected chi connectivity index (χ1v) is 5.42. The Hall–Kier alpha value is -0.0800. The lowest BCUT2D eigenvalue weighted by atomic mass is 9.97. The van der Waals surface area contributed by atoms with Crippen LogP contribution < -0.4 is 0 Å². The Morgan fingerprint density at radius 2 is 2.08 bits per heavy atom. The van der Waals surface area contributed by atoms with Crippen molar-refractivity contribution < 1.29 is 10.2 Å². The van der Waals surface area contributed by atoms with Gasteiger partial charge in [-0.3, -0.25) is 0 Å². The van der Waals surface area contributed by atoms with Crippen LogP contribution in [-0.2, 0) is 0 Å². The number of hydrogen-bond acceptors (Lipinski definition) is 2. The molecule has 0 bridgehead atoms. The van der Waals surface area contributed by atoms with Crippen LogP contribution >= 0.6 is 0 Å². The second kappa shape index (κ2) is 3.97. The molecule has 0 saturated heterocycles. The molecule has 0 spiro atoms. The largest absolute Gasteiger partial charge is 0.390 e. The van der Waals surface area contributed by atoms with Crippen LogP contribution in [0.2, 0.25) is 0 Å². The van der Waals surface area contributed by atoms with E-state index in [1.165, 1.54) is 6.42 Å². The monoisotopic (exact) mass is 186 g/mol. The quantitative estimate of drug-likeness (QED) is 0.689. The van der Waals surface area contributed by atoms with Gasteiger partial charge in [-0.2, -0.15) is 0 Å². The molecule has 0 unspecified atom stereocenters. The van der Waals surface area contributed by atoms with Crippen LogP contribution in [0.25, 0.3) is 0 Å². The molecule has 0 aliphatic heterocycles. The van der Waals surface area contributed by atoms with Crippen LogP contribution in [0.3, 0.4) is 0 Å². The Morgan fingerprint density at radius 3 is 2.54 bits per heavy atom. The highest BCUT2D eigenvalue weighted by Gasteiger charge is 2.57. The third-order valence-corrected chi connectivity index (χ3v) is 3.17. The van der Waals surface area contributed by atoms with E-state index in [1.807, 2.05) is 13.8 Å². The van der Waals surface area contributed by atoms with Crippen molar-refractivity contribution in [3.05, 3.63) is 0 Å². The lowest BCUT2D eigenvalue weighted by Gasteiger charge is -2.21. The molecule has 3 atom stereocenters. The molecule has 1 saturated carbocycles. The highest BCUT2D eigenvalue weighted by molar-refractivity contribution is 5.08. The number of aliphatic hydroxyl groups excluding tert-OH is 1. The minimum absolute atomic E-state index is 0.164. The van der Waals surface area contributed by atoms with E-state index in [0.717, 1.165) is 19.3 Å². The van der Waals surface area contributed by atoms with E-state index in [4.69, 9.17) is 0 Å². The topological polar surface area (TPSA) is 40.5 Å². The van der Waals surface area contributed by atoms with E-state index >= 15 is 0 Å². The molecule has 0 aromatic carbocycles. The molecular weight excluding hydrogens is 164 g/mol. The van der Waals surface area contributed by atoms with Crippen molar-refractivity contribution in [3.8, 4) is 0 Å². The molecule has 13 heavy (non-hydrogen) atoms. The molecular formula is C11H22O2. The Balaban J connectivity index is 2.35. The molecule has 2 heteroatoms. The second-order valence-corrected chi connectivity index (χ2v) is 4.72. The van der Waals surface area contributed by atoms with Gasteiger partial charge in [0.2, 0.25) is 0 Å². The number of unbranched alkanes of at least 4 members (excludes halogenated alkanes) is 1. The van der Waals surface area contributed by atoms with Crippen LogP contribution in [0.15, 0.2) is 0 Å². The Morgan fingerprint density at radius 1 is 1.46 bits per heavy atom. The van der Waals surface area contributed by atoms with Crippen molar-refractivity contribution in [2.45, 2.75) is 58.2 Å². The summed E-state index contributed by atoms with van der Waals surface area (Å²) in [5.74, 6) is 0.515. The fourth-order valence-electron chi connectivity index (χ4n) is 2.08. The van der Waals surface area contributed by atoms with E-state index in [9.17, 15) is 10.2 Å². The first-order chi connectivity index (χ1) is 6.02. The van der Waals surface area contributed by atoms with Gasteiger partial charge in [0, 0.05) is 0 Å². The van der Waals surface area contributed by atoms with Crippen LogP contribution in [0.5, 0.6) is 0 Å². The van der Waals surface area contributed by atoms with Gasteiger partial charge in [0.25, 0.3) is 0 Å². The normalized spacial score (nSPS) is 35.1. The number of rotatable bonds is 5. The fraction of sp³-hybridized carbons (Fsp3) is 1.00. The van der Waals surface area contributed by atoms with E-state index in [1.54, 1.807) is 0 Å². The molecule has 0 aromatic rings. The Labute approximate surface area is 81.0 Å². The summed E-state index contributed by atoms with van der Waals surface area (Å²) in [6.07, 6.45) is 3.67. The van der Waals surface area contributed by atoms with Crippen molar-refractivity contribution in [3.63, 3.8) is 0 Å². The van der Waals surface area contributed by atoms with Gasteiger partial charge in [0.1, 0.15) is 0 Å². The molecule has 2 nitrogen and oxygen atoms in total. The molecule has 0 amide bonds. The van der Waals surface area contributed by atoms with Crippen molar-refractivity contribution in [2.75, 3.05) is 0 Å². The highest BCUT2D eigenvalue weighted by atomic mass is 16.3. The van der Waals surface area contributed by atoms with Gasteiger partial charge < -0.3 is 10.2 Å². The third kappa shape index (κ3) is 2.23. The summed E-state index contributed by atoms with van der Waals surface area (Å²) in [5.41, 5.74) is -0.747. The van der Waals surface area contributed by atoms with Crippen molar-refractivity contribution >= 4 is 0 Å². The molecule has 1 aliphatic carbocycles. The first kappa shape index (κ1) is 11.0. The molecule has 0 heterocycles. The standard InChI is InChI=1S/C11H22O2/c1-4-5-6-9-7-11(9,13)10(12)8(2)3/h8-10,12-13H,4-7H2,1-3H3/t9-,10-,11+/m1/s1. The summed E-state index contributed by atoms with van der Waals surface area (Å²) in [7, 11) is 0. The van der Waals surface area contributed by atoms with E-state index in [-0.39, 0.29) is 5.92 Å². The van der Waals surface area contributed by atoms with E-state index in [0.29, 0.717) is 5.92 Å². The van der Waals surface area contributed by atoms with Gasteiger partial charge in [-0.05, 0) is 24.7 Å². The highest BCUT2D eigenvalue weighted by Crippen LogP contribution is 2.50. The minimum atomic E-state index is -0.747. The fourth-order valence-corrected chi connectivity index (χ4v) is 2.08. The maximum absolute atomic E-state index is 10.0. The predicted octanol–water partition coefficient (Wildman–Crippen LogP) is 1.94. The first-order valence-electron chi connectivity index (χ1n) is 5.42. The molecule has 1 aliphatic rings. The zero-order valence-electron chi connectivity index (χ0n) is 8.95. The molecule has 0 aromatic heterocycles. The Bertz CT molecular complexity index is 167. The zero-order valence-corrected chi connectivity index (χ0v) is 8.95. The second-order valence-electron chi connectivity index (χ2n) is 4.72. The summed E-state index contributed by atoms with van der Waals surface area (Å²) in [5, 5.41) is 19.7. The predicted molar refractivity (Wildman–Crippen MR) is 53.4 cm³/mol. The average molecular weight is 186 g/mol. The van der Waals surface area contributed by atoms with E-state index in [2.05, 4.69) is 6.92 Å². The molecule has 0 radical (unpaired) electrons. The van der Waals surface area contributed by atoms with Gasteiger partial charge in [-0.1, -0.05) is 33.6 Å². The lowest BCUT2D eigenvalue weighted by molar-refractivity contribution is -0.0375. The Kier molecular flexibility index (Phi) is 3.36. The van der Waals surface area contributed by atoms with Gasteiger partial charge in [0.15, 0.2) is 0 Å². The average Bonchev–Trinajstić information content (AvgIpc) is 2.73. The summed E-state index contributed by atoms with van der Waals surface area (Å²) in [4.78, 5) is 0. The molecule has 1 rings (SSSR count). The smallest absolute Gasteiger partial charge is 0.0940 e. The van der Waals surface area contributed by atoms with Gasteiger partial charge in [0.05, 0.1) is 11.7 Å². The van der Waals surface area contributed by atoms with Crippen molar-refractivity contribution in [1.29, 1.82) is 0 Å². The maximum atomic E-state index is 10.0. The van der Waals surface area contributed by atoms with Gasteiger partial charge in [-0.15, -0.1) is 0 Å². The van der Waals surface area contributed by atoms with Crippen LogP contribution in [0.4, 0.5) is 0 Å². The molecule has 2 N–H and O–H groups in total. The third-order valence-electron chi connectivity index (χ3n) is 3.17. The lowest BCUT2D eigenvalue weighted by Crippen LogP contribution is -2.34. The molecule has 1 fully saturated rings. The maximum Gasteiger partial charge on any atom is 0.0940 e. The van der Waals surface area contributed by atoms with Crippen LogP contribution in [0, 0.1) is 11.8 Å². The molecule has 78 valence electrons. The number of hydrogen-bond donors (Lipinski definition) is 2. The van der Waals surface area contributed by atoms with Crippen LogP contribution in [-0.4, -0.2) is 21.9 Å². The van der Waals surface area contributed by atoms with E-state index < -0.39 is 11.7 Å². The van der Waals surface area contributed by atoms with Crippen LogP contribution in [0.1, 0.15) is 46.5 Å². The zero-order chi connectivity index (χ0) is 10.1. The minimum Gasteiger partial charge on any atom is -0.390 e. The summed E-state index contributed by atoms with van der Waals surface area (Å²) in [6, 6.07) is 0. The summed E-state index contributed by atoms with van der Waals surface area (Å²) < 4.78 is 0. The summed E-state index contributed by atoms with van der Waals surface area (Å²) >= 11 is 0. The number of aliphatic hydroxyl groups is 2. The van der Waals surface area contributed by atoms with Gasteiger partial charge >= 0.3 is 0 Å². The SMILES string of the molecule is CCCC[C@@H]1C[C@@]1(O)[C@H](O)C(C)C. The van der Waals surface area contributed by atoms with Gasteiger partial charge in [-0.25, -0.2) is 0 Å². The van der Waals surface area contributed by atoms with Crippen molar-refractivity contribution in [1.82, 2.24) is 0 Å².